The monoisotopic (exact) mass is 425 g/mol. The van der Waals surface area contributed by atoms with Crippen molar-refractivity contribution in [2.45, 2.75) is 51.4 Å². The van der Waals surface area contributed by atoms with E-state index in [1.54, 1.807) is 9.58 Å². The smallest absolute Gasteiger partial charge is 0.325 e. The van der Waals surface area contributed by atoms with Crippen LogP contribution in [0.3, 0.4) is 0 Å². The fourth-order valence-electron chi connectivity index (χ4n) is 3.75. The van der Waals surface area contributed by atoms with Gasteiger partial charge in [-0.05, 0) is 42.3 Å². The number of aromatic amines is 1. The van der Waals surface area contributed by atoms with Gasteiger partial charge in [0, 0.05) is 17.8 Å². The largest absolute Gasteiger partial charge is 0.457 e. The Morgan fingerprint density at radius 3 is 2.77 bits per heavy atom. The number of rotatable bonds is 6. The molecule has 1 aromatic carbocycles. The number of nitrogens with zero attached hydrogens (tertiary/aromatic N) is 3. The molecule has 0 aliphatic carbocycles. The first-order valence-electron chi connectivity index (χ1n) is 10.2. The number of thioether (sulfide) groups is 1. The van der Waals surface area contributed by atoms with E-state index in [4.69, 9.17) is 9.52 Å². The van der Waals surface area contributed by atoms with Gasteiger partial charge < -0.3 is 4.42 Å². The Balaban J connectivity index is 1.90. The maximum atomic E-state index is 13.1. The van der Waals surface area contributed by atoms with Crippen molar-refractivity contribution in [1.29, 1.82) is 0 Å². The highest BCUT2D eigenvalue weighted by Gasteiger charge is 2.46. The Kier molecular flexibility index (Phi) is 5.76. The molecule has 1 amide bonds. The molecule has 4 rings (SSSR count). The minimum Gasteiger partial charge on any atom is -0.457 e. The van der Waals surface area contributed by atoms with E-state index in [-0.39, 0.29) is 11.5 Å². The summed E-state index contributed by atoms with van der Waals surface area (Å²) >= 11 is 1.52. The quantitative estimate of drug-likeness (QED) is 0.369. The maximum Gasteiger partial charge on any atom is 0.325 e. The third-order valence-corrected chi connectivity index (χ3v) is 6.05. The molecule has 30 heavy (non-hydrogen) atoms. The molecule has 1 aliphatic heterocycles. The van der Waals surface area contributed by atoms with E-state index >= 15 is 0 Å². The molecule has 7 nitrogen and oxygen atoms in total. The third-order valence-electron chi connectivity index (χ3n) is 5.10. The number of aryl methyl sites for hydroxylation is 1. The number of benzene rings is 1. The molecule has 1 atom stereocenters. The number of hydrogen-bond donors (Lipinski definition) is 1. The molecule has 0 unspecified atom stereocenters. The number of carbonyl (C=O) groups excluding carboxylic acids is 1. The first kappa shape index (κ1) is 20.4. The van der Waals surface area contributed by atoms with Gasteiger partial charge in [-0.2, -0.15) is 0 Å². The highest BCUT2D eigenvalue weighted by molar-refractivity contribution is 7.99. The fourth-order valence-corrected chi connectivity index (χ4v) is 4.60. The van der Waals surface area contributed by atoms with Crippen molar-refractivity contribution >= 4 is 23.4 Å². The number of fused-ring (bicyclic) bond motifs is 3. The number of unbranched alkanes of at least 4 members (excludes halogenated alkanes) is 2. The number of aromatic nitrogens is 3. The summed E-state index contributed by atoms with van der Waals surface area (Å²) in [7, 11) is 0. The summed E-state index contributed by atoms with van der Waals surface area (Å²) < 4.78 is 7.52. The normalized spacial score (nSPS) is 15.0. The predicted molar refractivity (Wildman–Crippen MR) is 115 cm³/mol. The zero-order valence-corrected chi connectivity index (χ0v) is 18.2. The molecule has 1 aliphatic rings. The van der Waals surface area contributed by atoms with E-state index < -0.39 is 6.17 Å². The Hall–Kier alpha value is -2.87. The van der Waals surface area contributed by atoms with E-state index in [0.717, 1.165) is 30.8 Å². The Bertz CT molecular complexity index is 1140. The van der Waals surface area contributed by atoms with Crippen LogP contribution in [0.4, 0.5) is 5.69 Å². The van der Waals surface area contributed by atoms with Gasteiger partial charge in [-0.1, -0.05) is 43.7 Å². The lowest BCUT2D eigenvalue weighted by Gasteiger charge is -2.30. The second-order valence-corrected chi connectivity index (χ2v) is 8.42. The van der Waals surface area contributed by atoms with Crippen molar-refractivity contribution < 1.29 is 13.9 Å². The van der Waals surface area contributed by atoms with Gasteiger partial charge in [-0.15, -0.1) is 0 Å². The summed E-state index contributed by atoms with van der Waals surface area (Å²) in [4.78, 5) is 30.4. The third kappa shape index (κ3) is 3.67. The predicted octanol–water partition coefficient (Wildman–Crippen LogP) is 3.82. The molecule has 0 saturated heterocycles. The lowest BCUT2D eigenvalue weighted by molar-refractivity contribution is -0.764. The number of hydrogen-bond acceptors (Lipinski definition) is 5. The van der Waals surface area contributed by atoms with Crippen LogP contribution in [0.5, 0.6) is 0 Å². The molecular formula is C22H25N4O3S+. The molecule has 0 saturated carbocycles. The molecule has 156 valence electrons. The van der Waals surface area contributed by atoms with Gasteiger partial charge in [0.1, 0.15) is 5.76 Å². The van der Waals surface area contributed by atoms with Gasteiger partial charge in [0.25, 0.3) is 0 Å². The van der Waals surface area contributed by atoms with Crippen LogP contribution in [0.1, 0.15) is 50.8 Å². The van der Waals surface area contributed by atoms with Crippen LogP contribution in [0.2, 0.25) is 0 Å². The number of nitrogens with one attached hydrogen (secondary N) is 1. The molecule has 3 aromatic rings. The molecule has 3 heterocycles. The molecule has 0 radical (unpaired) electrons. The molecule has 0 fully saturated rings. The lowest BCUT2D eigenvalue weighted by Crippen LogP contribution is -2.60. The molecule has 1 N–H and O–H groups in total. The average Bonchev–Trinajstić information content (AvgIpc) is 3.15. The van der Waals surface area contributed by atoms with Gasteiger partial charge in [0.2, 0.25) is 11.1 Å². The number of anilines is 1. The summed E-state index contributed by atoms with van der Waals surface area (Å²) in [6.07, 6.45) is 2.65. The highest BCUT2D eigenvalue weighted by atomic mass is 32.2. The SMILES string of the molecule is CCCCCSc1n[n+]2c(c(=O)[nH]1)-c1ccccc1N(C(C)=O)[C@H]2c1ccc(C)o1. The first-order valence-corrected chi connectivity index (χ1v) is 11.1. The lowest BCUT2D eigenvalue weighted by atomic mass is 10.0. The molecule has 8 heteroatoms. The van der Waals surface area contributed by atoms with E-state index in [1.807, 2.05) is 43.3 Å². The van der Waals surface area contributed by atoms with Crippen LogP contribution >= 0.6 is 11.8 Å². The maximum absolute atomic E-state index is 13.1. The first-order chi connectivity index (χ1) is 14.5. The average molecular weight is 426 g/mol. The van der Waals surface area contributed by atoms with Crippen LogP contribution < -0.4 is 15.1 Å². The molecular weight excluding hydrogens is 400 g/mol. The number of amides is 1. The summed E-state index contributed by atoms with van der Waals surface area (Å²) in [5, 5.41) is 5.28. The molecule has 2 aromatic heterocycles. The number of H-pyrrole nitrogens is 1. The molecule has 0 spiro atoms. The van der Waals surface area contributed by atoms with Crippen LogP contribution in [-0.2, 0) is 4.79 Å². The van der Waals surface area contributed by atoms with Crippen molar-refractivity contribution in [1.82, 2.24) is 10.1 Å². The van der Waals surface area contributed by atoms with Crippen molar-refractivity contribution in [3.8, 4) is 11.3 Å². The second-order valence-electron chi connectivity index (χ2n) is 7.34. The zero-order chi connectivity index (χ0) is 21.3. The zero-order valence-electron chi connectivity index (χ0n) is 17.3. The molecule has 0 bridgehead atoms. The van der Waals surface area contributed by atoms with E-state index in [1.165, 1.54) is 18.7 Å². The topological polar surface area (TPSA) is 83.1 Å². The van der Waals surface area contributed by atoms with Crippen LogP contribution in [-0.4, -0.2) is 21.7 Å². The van der Waals surface area contributed by atoms with Crippen molar-refractivity contribution in [3.05, 3.63) is 58.3 Å². The van der Waals surface area contributed by atoms with E-state index in [2.05, 4.69) is 11.9 Å². The van der Waals surface area contributed by atoms with Crippen molar-refractivity contribution in [2.24, 2.45) is 0 Å². The minimum atomic E-state index is -0.668. The highest BCUT2D eigenvalue weighted by Crippen LogP contribution is 2.37. The van der Waals surface area contributed by atoms with Gasteiger partial charge in [0.15, 0.2) is 5.76 Å². The fraction of sp³-hybridized carbons (Fsp3) is 0.364. The summed E-state index contributed by atoms with van der Waals surface area (Å²) in [5.41, 5.74) is 1.52. The standard InChI is InChI=1S/C22H24N4O3S/c1-4-5-8-13-30-22-23-20(28)19-16-9-6-7-10-17(16)25(15(3)27)21(26(19)24-22)18-12-11-14(2)29-18/h6-7,9-12,21H,4-5,8,13H2,1-3H3/p+1/t21-/m1/s1. The van der Waals surface area contributed by atoms with E-state index in [0.29, 0.717) is 27.9 Å². The minimum absolute atomic E-state index is 0.154. The number of para-hydroxylation sites is 1. The van der Waals surface area contributed by atoms with Crippen LogP contribution in [0.25, 0.3) is 11.3 Å². The van der Waals surface area contributed by atoms with Gasteiger partial charge in [0.05, 0.1) is 11.3 Å². The Labute approximate surface area is 179 Å². The Morgan fingerprint density at radius 2 is 2.07 bits per heavy atom. The summed E-state index contributed by atoms with van der Waals surface area (Å²) in [6.45, 7) is 5.52. The van der Waals surface area contributed by atoms with Crippen LogP contribution in [0.15, 0.2) is 50.8 Å². The number of carbonyl (C=O) groups is 1. The van der Waals surface area contributed by atoms with Gasteiger partial charge >= 0.3 is 17.4 Å². The number of furan rings is 1. The van der Waals surface area contributed by atoms with Crippen molar-refractivity contribution in [2.75, 3.05) is 10.7 Å². The van der Waals surface area contributed by atoms with E-state index in [9.17, 15) is 9.59 Å². The second kappa shape index (κ2) is 8.47. The van der Waals surface area contributed by atoms with Gasteiger partial charge in [-0.25, -0.2) is 4.90 Å². The summed E-state index contributed by atoms with van der Waals surface area (Å²) in [5.74, 6) is 2.00. The Morgan fingerprint density at radius 1 is 1.27 bits per heavy atom. The van der Waals surface area contributed by atoms with Crippen LogP contribution in [0, 0.1) is 6.92 Å². The van der Waals surface area contributed by atoms with Gasteiger partial charge in [-0.3, -0.25) is 14.6 Å². The van der Waals surface area contributed by atoms with Crippen molar-refractivity contribution in [3.63, 3.8) is 0 Å². The summed E-state index contributed by atoms with van der Waals surface area (Å²) in [6, 6.07) is 11.1.